The monoisotopic (exact) mass is 292 g/mol. The van der Waals surface area contributed by atoms with Crippen molar-refractivity contribution in [3.05, 3.63) is 18.2 Å². The third-order valence-electron chi connectivity index (χ3n) is 3.50. The molecule has 0 aliphatic rings. The molecule has 0 saturated heterocycles. The van der Waals surface area contributed by atoms with Crippen molar-refractivity contribution in [3.8, 4) is 23.3 Å². The van der Waals surface area contributed by atoms with Crippen LogP contribution in [-0.2, 0) is 0 Å². The highest BCUT2D eigenvalue weighted by molar-refractivity contribution is 5.51. The van der Waals surface area contributed by atoms with E-state index in [4.69, 9.17) is 19.5 Å². The molecule has 0 bridgehead atoms. The molecule has 0 aromatic heterocycles. The van der Waals surface area contributed by atoms with Crippen LogP contribution in [0.4, 0.5) is 0 Å². The molecule has 1 aromatic rings. The van der Waals surface area contributed by atoms with Crippen LogP contribution >= 0.6 is 0 Å². The quantitative estimate of drug-likeness (QED) is 0.709. The molecule has 0 aliphatic heterocycles. The highest BCUT2D eigenvalue weighted by Gasteiger charge is 2.20. The van der Waals surface area contributed by atoms with Gasteiger partial charge in [-0.2, -0.15) is 5.26 Å². The van der Waals surface area contributed by atoms with Crippen LogP contribution in [0.25, 0.3) is 0 Å². The zero-order valence-corrected chi connectivity index (χ0v) is 13.2. The summed E-state index contributed by atoms with van der Waals surface area (Å²) >= 11 is 0. The first-order valence-electron chi connectivity index (χ1n) is 7.04. The summed E-state index contributed by atoms with van der Waals surface area (Å²) in [6, 6.07) is 7.82. The maximum absolute atomic E-state index is 9.08. The molecule has 1 unspecified atom stereocenters. The summed E-state index contributed by atoms with van der Waals surface area (Å²) in [5.41, 5.74) is -0.470. The number of nitrogens with one attached hydrogen (secondary N) is 1. The predicted octanol–water partition coefficient (Wildman–Crippen LogP) is 2.75. The van der Waals surface area contributed by atoms with Crippen LogP contribution in [0.2, 0.25) is 0 Å². The first-order chi connectivity index (χ1) is 10.1. The molecule has 1 atom stereocenters. The molecule has 1 rings (SSSR count). The van der Waals surface area contributed by atoms with E-state index >= 15 is 0 Å². The van der Waals surface area contributed by atoms with Gasteiger partial charge in [-0.3, -0.25) is 0 Å². The predicted molar refractivity (Wildman–Crippen MR) is 82.0 cm³/mol. The van der Waals surface area contributed by atoms with Crippen LogP contribution in [0, 0.1) is 11.3 Å². The first kappa shape index (κ1) is 17.1. The SMILES string of the molecule is CNC(C)(C#N)CCCCOc1c(OC)cccc1OC. The number of hydrogen-bond acceptors (Lipinski definition) is 5. The van der Waals surface area contributed by atoms with Crippen molar-refractivity contribution in [1.29, 1.82) is 5.26 Å². The normalized spacial score (nSPS) is 13.1. The second-order valence-electron chi connectivity index (χ2n) is 4.99. The van der Waals surface area contributed by atoms with Gasteiger partial charge in [0.1, 0.15) is 5.54 Å². The van der Waals surface area contributed by atoms with Gasteiger partial charge >= 0.3 is 0 Å². The van der Waals surface area contributed by atoms with Crippen LogP contribution in [0.3, 0.4) is 0 Å². The average molecular weight is 292 g/mol. The van der Waals surface area contributed by atoms with E-state index in [2.05, 4.69) is 11.4 Å². The third-order valence-corrected chi connectivity index (χ3v) is 3.50. The largest absolute Gasteiger partial charge is 0.493 e. The number of methoxy groups -OCH3 is 2. The minimum absolute atomic E-state index is 0.470. The fraction of sp³-hybridized carbons (Fsp3) is 0.562. The summed E-state index contributed by atoms with van der Waals surface area (Å²) in [6.45, 7) is 2.46. The number of nitrogens with zero attached hydrogens (tertiary/aromatic N) is 1. The van der Waals surface area contributed by atoms with E-state index in [0.29, 0.717) is 23.9 Å². The number of hydrogen-bond donors (Lipinski definition) is 1. The molecule has 0 heterocycles. The summed E-state index contributed by atoms with van der Waals surface area (Å²) in [6.07, 6.45) is 2.55. The summed E-state index contributed by atoms with van der Waals surface area (Å²) in [5.74, 6) is 1.94. The maximum atomic E-state index is 9.08. The lowest BCUT2D eigenvalue weighted by molar-refractivity contribution is 0.264. The maximum Gasteiger partial charge on any atom is 0.203 e. The molecule has 0 fully saturated rings. The minimum Gasteiger partial charge on any atom is -0.493 e. The summed E-state index contributed by atoms with van der Waals surface area (Å²) in [5, 5.41) is 12.1. The Morgan fingerprint density at radius 2 is 1.81 bits per heavy atom. The van der Waals surface area contributed by atoms with E-state index in [-0.39, 0.29) is 0 Å². The Bertz CT molecular complexity index is 463. The molecule has 5 nitrogen and oxygen atoms in total. The van der Waals surface area contributed by atoms with Crippen molar-refractivity contribution >= 4 is 0 Å². The van der Waals surface area contributed by atoms with Crippen LogP contribution in [0.15, 0.2) is 18.2 Å². The average Bonchev–Trinajstić information content (AvgIpc) is 2.54. The van der Waals surface area contributed by atoms with E-state index in [9.17, 15) is 0 Å². The molecule has 0 radical (unpaired) electrons. The van der Waals surface area contributed by atoms with E-state index in [1.807, 2.05) is 25.1 Å². The van der Waals surface area contributed by atoms with Crippen LogP contribution in [0.1, 0.15) is 26.2 Å². The van der Waals surface area contributed by atoms with Crippen LogP contribution in [0.5, 0.6) is 17.2 Å². The lowest BCUT2D eigenvalue weighted by atomic mass is 9.97. The van der Waals surface area contributed by atoms with E-state index in [1.54, 1.807) is 21.3 Å². The second kappa shape index (κ2) is 8.38. The fourth-order valence-electron chi connectivity index (χ4n) is 1.95. The smallest absolute Gasteiger partial charge is 0.203 e. The molecular weight excluding hydrogens is 268 g/mol. The summed E-state index contributed by atoms with van der Waals surface area (Å²) in [4.78, 5) is 0. The Hall–Kier alpha value is -1.93. The molecule has 0 saturated carbocycles. The molecule has 5 heteroatoms. The highest BCUT2D eigenvalue weighted by Crippen LogP contribution is 2.36. The van der Waals surface area contributed by atoms with Gasteiger partial charge in [0.25, 0.3) is 0 Å². The van der Waals surface area contributed by atoms with Crippen molar-refractivity contribution in [2.24, 2.45) is 0 Å². The van der Waals surface area contributed by atoms with Gasteiger partial charge in [0, 0.05) is 0 Å². The Labute approximate surface area is 126 Å². The molecule has 1 aromatic carbocycles. The zero-order valence-electron chi connectivity index (χ0n) is 13.2. The number of unbranched alkanes of at least 4 members (excludes halogenated alkanes) is 1. The Balaban J connectivity index is 2.48. The van der Waals surface area contributed by atoms with Gasteiger partial charge in [-0.1, -0.05) is 6.07 Å². The fourth-order valence-corrected chi connectivity index (χ4v) is 1.95. The van der Waals surface area contributed by atoms with E-state index < -0.39 is 5.54 Å². The Morgan fingerprint density at radius 3 is 2.29 bits per heavy atom. The molecule has 21 heavy (non-hydrogen) atoms. The minimum atomic E-state index is -0.470. The number of ether oxygens (including phenoxy) is 3. The van der Waals surface area contributed by atoms with Crippen molar-refractivity contribution in [3.63, 3.8) is 0 Å². The van der Waals surface area contributed by atoms with Gasteiger partial charge in [-0.05, 0) is 45.4 Å². The van der Waals surface area contributed by atoms with Gasteiger partial charge < -0.3 is 19.5 Å². The third kappa shape index (κ3) is 4.83. The standard InChI is InChI=1S/C16H24N2O3/c1-16(12-17,18-2)10-5-6-11-21-15-13(19-3)8-7-9-14(15)20-4/h7-9,18H,5-6,10-11H2,1-4H3. The molecule has 0 aliphatic carbocycles. The van der Waals surface area contributed by atoms with Crippen LogP contribution < -0.4 is 19.5 Å². The number of rotatable bonds is 9. The molecule has 0 amide bonds. The Kier molecular flexibility index (Phi) is 6.83. The lowest BCUT2D eigenvalue weighted by Crippen LogP contribution is -2.37. The first-order valence-corrected chi connectivity index (χ1v) is 7.04. The Morgan fingerprint density at radius 1 is 1.19 bits per heavy atom. The summed E-state index contributed by atoms with van der Waals surface area (Å²) < 4.78 is 16.3. The van der Waals surface area contributed by atoms with Gasteiger partial charge in [0.2, 0.25) is 5.75 Å². The van der Waals surface area contributed by atoms with E-state index in [1.165, 1.54) is 0 Å². The number of para-hydroxylation sites is 1. The van der Waals surface area contributed by atoms with Crippen LogP contribution in [-0.4, -0.2) is 33.4 Å². The molecule has 116 valence electrons. The highest BCUT2D eigenvalue weighted by atomic mass is 16.5. The number of benzene rings is 1. The van der Waals surface area contributed by atoms with Gasteiger partial charge in [0.15, 0.2) is 11.5 Å². The molecule has 1 N–H and O–H groups in total. The molecule has 0 spiro atoms. The number of nitriles is 1. The van der Waals surface area contributed by atoms with Gasteiger partial charge in [-0.15, -0.1) is 0 Å². The van der Waals surface area contributed by atoms with Crippen molar-refractivity contribution < 1.29 is 14.2 Å². The van der Waals surface area contributed by atoms with Crippen molar-refractivity contribution in [1.82, 2.24) is 5.32 Å². The van der Waals surface area contributed by atoms with Gasteiger partial charge in [0.05, 0.1) is 26.9 Å². The van der Waals surface area contributed by atoms with Crippen molar-refractivity contribution in [2.45, 2.75) is 31.7 Å². The molecular formula is C16H24N2O3. The van der Waals surface area contributed by atoms with Gasteiger partial charge in [-0.25, -0.2) is 0 Å². The lowest BCUT2D eigenvalue weighted by Gasteiger charge is -2.20. The second-order valence-corrected chi connectivity index (χ2v) is 4.99. The van der Waals surface area contributed by atoms with E-state index in [0.717, 1.165) is 19.3 Å². The summed E-state index contributed by atoms with van der Waals surface area (Å²) in [7, 11) is 5.01. The zero-order chi connectivity index (χ0) is 15.7. The topological polar surface area (TPSA) is 63.5 Å². The van der Waals surface area contributed by atoms with Crippen molar-refractivity contribution in [2.75, 3.05) is 27.9 Å².